The summed E-state index contributed by atoms with van der Waals surface area (Å²) in [7, 11) is 0. The summed E-state index contributed by atoms with van der Waals surface area (Å²) in [6.07, 6.45) is 2.04. The van der Waals surface area contributed by atoms with Crippen LogP contribution < -0.4 is 5.32 Å². The third kappa shape index (κ3) is 4.47. The van der Waals surface area contributed by atoms with Crippen molar-refractivity contribution in [2.75, 3.05) is 5.32 Å². The number of pyridine rings is 1. The molecule has 0 spiro atoms. The number of aromatic nitrogens is 1. The predicted octanol–water partition coefficient (Wildman–Crippen LogP) is 4.32. The van der Waals surface area contributed by atoms with E-state index >= 15 is 0 Å². The number of benzene rings is 2. The van der Waals surface area contributed by atoms with Crippen LogP contribution in [0, 0.1) is 11.6 Å². The summed E-state index contributed by atoms with van der Waals surface area (Å²) in [6, 6.07) is 16.9. The quantitative estimate of drug-likeness (QED) is 0.752. The van der Waals surface area contributed by atoms with E-state index < -0.39 is 5.92 Å². The van der Waals surface area contributed by atoms with E-state index in [1.807, 2.05) is 12.1 Å². The molecule has 3 nitrogen and oxygen atoms in total. The van der Waals surface area contributed by atoms with Gasteiger partial charge in [-0.2, -0.15) is 0 Å². The second-order valence-corrected chi connectivity index (χ2v) is 5.63. The van der Waals surface area contributed by atoms with E-state index in [1.54, 1.807) is 24.4 Å². The van der Waals surface area contributed by atoms with Gasteiger partial charge in [-0.15, -0.1) is 0 Å². The largest absolute Gasteiger partial charge is 0.326 e. The van der Waals surface area contributed by atoms with E-state index in [1.165, 1.54) is 36.4 Å². The normalized spacial score (nSPS) is 11.8. The summed E-state index contributed by atoms with van der Waals surface area (Å²) in [5, 5.41) is 2.78. The predicted molar refractivity (Wildman–Crippen MR) is 92.1 cm³/mol. The van der Waals surface area contributed by atoms with Crippen molar-refractivity contribution in [2.24, 2.45) is 0 Å². The number of nitrogens with zero attached hydrogens (tertiary/aromatic N) is 1. The van der Waals surface area contributed by atoms with Gasteiger partial charge in [0.05, 0.1) is 5.92 Å². The van der Waals surface area contributed by atoms with Gasteiger partial charge in [0.2, 0.25) is 5.91 Å². The summed E-state index contributed by atoms with van der Waals surface area (Å²) in [6.45, 7) is 0. The number of anilines is 1. The van der Waals surface area contributed by atoms with Crippen LogP contribution in [0.2, 0.25) is 0 Å². The molecule has 2 aromatic carbocycles. The highest BCUT2D eigenvalue weighted by molar-refractivity contribution is 5.96. The van der Waals surface area contributed by atoms with Gasteiger partial charge in [0.1, 0.15) is 11.6 Å². The average Bonchev–Trinajstić information content (AvgIpc) is 2.63. The van der Waals surface area contributed by atoms with Gasteiger partial charge in [-0.1, -0.05) is 18.2 Å². The number of hydrogen-bond donors (Lipinski definition) is 1. The zero-order chi connectivity index (χ0) is 17.6. The fraction of sp³-hybridized carbons (Fsp3) is 0.100. The van der Waals surface area contributed by atoms with Gasteiger partial charge >= 0.3 is 0 Å². The maximum atomic E-state index is 13.2. The number of halogens is 2. The van der Waals surface area contributed by atoms with Crippen LogP contribution in [0.4, 0.5) is 14.5 Å². The van der Waals surface area contributed by atoms with Gasteiger partial charge in [0.15, 0.2) is 0 Å². The van der Waals surface area contributed by atoms with Crippen LogP contribution in [0.25, 0.3) is 0 Å². The van der Waals surface area contributed by atoms with E-state index in [4.69, 9.17) is 0 Å². The molecule has 126 valence electrons. The van der Waals surface area contributed by atoms with E-state index in [2.05, 4.69) is 10.3 Å². The van der Waals surface area contributed by atoms with Gasteiger partial charge in [-0.05, 0) is 54.1 Å². The maximum Gasteiger partial charge on any atom is 0.232 e. The second-order valence-electron chi connectivity index (χ2n) is 5.63. The molecule has 0 radical (unpaired) electrons. The Morgan fingerprint density at radius 2 is 1.56 bits per heavy atom. The van der Waals surface area contributed by atoms with Gasteiger partial charge in [-0.25, -0.2) is 8.78 Å². The van der Waals surface area contributed by atoms with Crippen LogP contribution in [0.3, 0.4) is 0 Å². The van der Waals surface area contributed by atoms with Crippen molar-refractivity contribution < 1.29 is 13.6 Å². The molecule has 0 saturated heterocycles. The summed E-state index contributed by atoms with van der Waals surface area (Å²) < 4.78 is 26.2. The Labute approximate surface area is 144 Å². The first-order chi connectivity index (χ1) is 12.1. The van der Waals surface area contributed by atoms with Crippen LogP contribution in [0.1, 0.15) is 17.2 Å². The highest BCUT2D eigenvalue weighted by Gasteiger charge is 2.22. The fourth-order valence-corrected chi connectivity index (χ4v) is 2.55. The third-order valence-corrected chi connectivity index (χ3v) is 3.84. The molecule has 0 aliphatic carbocycles. The zero-order valence-electron chi connectivity index (χ0n) is 13.3. The zero-order valence-corrected chi connectivity index (χ0v) is 13.3. The monoisotopic (exact) mass is 338 g/mol. The van der Waals surface area contributed by atoms with Crippen LogP contribution in [0.5, 0.6) is 0 Å². The van der Waals surface area contributed by atoms with Crippen molar-refractivity contribution in [1.82, 2.24) is 4.98 Å². The van der Waals surface area contributed by atoms with E-state index in [9.17, 15) is 13.6 Å². The molecular weight excluding hydrogens is 322 g/mol. The molecule has 1 heterocycles. The Kier molecular flexibility index (Phi) is 5.14. The van der Waals surface area contributed by atoms with Gasteiger partial charge < -0.3 is 5.32 Å². The van der Waals surface area contributed by atoms with Crippen molar-refractivity contribution in [3.05, 3.63) is 95.8 Å². The van der Waals surface area contributed by atoms with Crippen molar-refractivity contribution in [3.63, 3.8) is 0 Å². The number of carbonyl (C=O) groups excluding carboxylic acids is 1. The van der Waals surface area contributed by atoms with Crippen molar-refractivity contribution in [3.8, 4) is 0 Å². The molecule has 3 aromatic rings. The maximum absolute atomic E-state index is 13.2. The van der Waals surface area contributed by atoms with E-state index in [0.717, 1.165) is 5.69 Å². The number of nitrogens with one attached hydrogen (secondary N) is 1. The minimum Gasteiger partial charge on any atom is -0.326 e. The lowest BCUT2D eigenvalue weighted by Gasteiger charge is -2.17. The molecule has 1 aromatic heterocycles. The SMILES string of the molecule is O=C(Nc1ccc(F)cc1)C(Cc1ccccn1)c1ccc(F)cc1. The summed E-state index contributed by atoms with van der Waals surface area (Å²) >= 11 is 0. The van der Waals surface area contributed by atoms with Crippen molar-refractivity contribution in [2.45, 2.75) is 12.3 Å². The molecule has 1 amide bonds. The molecule has 1 N–H and O–H groups in total. The lowest BCUT2D eigenvalue weighted by molar-refractivity contribution is -0.117. The topological polar surface area (TPSA) is 42.0 Å². The van der Waals surface area contributed by atoms with E-state index in [-0.39, 0.29) is 17.5 Å². The molecule has 0 aliphatic heterocycles. The second kappa shape index (κ2) is 7.66. The molecule has 1 unspecified atom stereocenters. The highest BCUT2D eigenvalue weighted by atomic mass is 19.1. The van der Waals surface area contributed by atoms with Crippen molar-refractivity contribution in [1.29, 1.82) is 0 Å². The third-order valence-electron chi connectivity index (χ3n) is 3.84. The number of hydrogen-bond acceptors (Lipinski definition) is 2. The van der Waals surface area contributed by atoms with Gasteiger partial charge in [0, 0.05) is 24.0 Å². The molecule has 3 rings (SSSR count). The molecular formula is C20H16F2N2O. The smallest absolute Gasteiger partial charge is 0.232 e. The lowest BCUT2D eigenvalue weighted by atomic mass is 9.93. The van der Waals surface area contributed by atoms with Gasteiger partial charge in [0.25, 0.3) is 0 Å². The summed E-state index contributed by atoms with van der Waals surface area (Å²) in [4.78, 5) is 17.0. The molecule has 0 saturated carbocycles. The lowest BCUT2D eigenvalue weighted by Crippen LogP contribution is -2.23. The minimum atomic E-state index is -0.541. The molecule has 0 aliphatic rings. The van der Waals surface area contributed by atoms with Crippen LogP contribution in [-0.2, 0) is 11.2 Å². The Balaban J connectivity index is 1.85. The average molecular weight is 338 g/mol. The first-order valence-electron chi connectivity index (χ1n) is 7.83. The van der Waals surface area contributed by atoms with Crippen LogP contribution >= 0.6 is 0 Å². The van der Waals surface area contributed by atoms with Crippen LogP contribution in [-0.4, -0.2) is 10.9 Å². The Morgan fingerprint density at radius 1 is 0.920 bits per heavy atom. The fourth-order valence-electron chi connectivity index (χ4n) is 2.55. The molecule has 1 atom stereocenters. The Bertz CT molecular complexity index is 834. The summed E-state index contributed by atoms with van der Waals surface area (Å²) in [5.74, 6) is -1.54. The standard InChI is InChI=1S/C20H16F2N2O/c21-15-6-4-14(5-7-15)19(13-18-3-1-2-12-23-18)20(25)24-17-10-8-16(22)9-11-17/h1-12,19H,13H2,(H,24,25). The number of rotatable bonds is 5. The van der Waals surface area contributed by atoms with Crippen LogP contribution in [0.15, 0.2) is 72.9 Å². The highest BCUT2D eigenvalue weighted by Crippen LogP contribution is 2.23. The molecule has 0 bridgehead atoms. The van der Waals surface area contributed by atoms with Crippen molar-refractivity contribution >= 4 is 11.6 Å². The summed E-state index contributed by atoms with van der Waals surface area (Å²) in [5.41, 5.74) is 1.94. The minimum absolute atomic E-state index is 0.260. The number of carbonyl (C=O) groups is 1. The number of amides is 1. The first kappa shape index (κ1) is 16.8. The van der Waals surface area contributed by atoms with Gasteiger partial charge in [-0.3, -0.25) is 9.78 Å². The molecule has 25 heavy (non-hydrogen) atoms. The Morgan fingerprint density at radius 3 is 2.16 bits per heavy atom. The van der Waals surface area contributed by atoms with E-state index in [0.29, 0.717) is 17.7 Å². The molecule has 0 fully saturated rings. The Hall–Kier alpha value is -3.08. The molecule has 5 heteroatoms. The first-order valence-corrected chi connectivity index (χ1v) is 7.83.